The summed E-state index contributed by atoms with van der Waals surface area (Å²) < 4.78 is 0. The van der Waals surface area contributed by atoms with E-state index in [0.29, 0.717) is 28.5 Å². The molecule has 4 heteroatoms. The van der Waals surface area contributed by atoms with Gasteiger partial charge in [0.2, 0.25) is 0 Å². The van der Waals surface area contributed by atoms with Crippen LogP contribution in [0.5, 0.6) is 0 Å². The van der Waals surface area contributed by atoms with Gasteiger partial charge in [0.05, 0.1) is 11.6 Å². The van der Waals surface area contributed by atoms with Gasteiger partial charge in [-0.3, -0.25) is 0 Å². The maximum Gasteiger partial charge on any atom is 0.164 e. The minimum Gasteiger partial charge on any atom is -0.208 e. The van der Waals surface area contributed by atoms with E-state index in [1.807, 2.05) is 42.5 Å². The van der Waals surface area contributed by atoms with E-state index in [2.05, 4.69) is 129 Å². The monoisotopic (exact) mass is 712 g/mol. The lowest BCUT2D eigenvalue weighted by Crippen LogP contribution is -2.42. The highest BCUT2D eigenvalue weighted by atomic mass is 15.0. The second kappa shape index (κ2) is 14.6. The minimum absolute atomic E-state index is 0.302. The zero-order chi connectivity index (χ0) is 37.4. The molecular weight excluding hydrogens is 669 g/mol. The minimum atomic E-state index is 0.302. The van der Waals surface area contributed by atoms with Crippen molar-refractivity contribution in [3.8, 4) is 73.6 Å². The second-order valence-electron chi connectivity index (χ2n) is 16.1. The third-order valence-corrected chi connectivity index (χ3v) is 12.0. The Hall–Kier alpha value is -6.18. The predicted molar refractivity (Wildman–Crippen MR) is 224 cm³/mol. The second-order valence-corrected chi connectivity index (χ2v) is 16.1. The van der Waals surface area contributed by atoms with E-state index >= 15 is 0 Å². The Morgan fingerprint density at radius 2 is 0.891 bits per heavy atom. The van der Waals surface area contributed by atoms with Crippen molar-refractivity contribution in [1.82, 2.24) is 15.0 Å². The predicted octanol–water partition coefficient (Wildman–Crippen LogP) is 12.8. The van der Waals surface area contributed by atoms with Gasteiger partial charge in [0, 0.05) is 16.7 Å². The number of hydrogen-bond donors (Lipinski definition) is 0. The van der Waals surface area contributed by atoms with E-state index in [0.717, 1.165) is 62.3 Å². The lowest BCUT2D eigenvalue weighted by Gasteiger charge is -2.50. The van der Waals surface area contributed by atoms with Crippen LogP contribution < -0.4 is 0 Å². The largest absolute Gasteiger partial charge is 0.208 e. The number of aromatic nitrogens is 3. The van der Waals surface area contributed by atoms with E-state index in [-0.39, 0.29) is 0 Å². The van der Waals surface area contributed by atoms with Crippen LogP contribution in [0.3, 0.4) is 0 Å². The lowest BCUT2D eigenvalue weighted by atomic mass is 9.54. The first-order valence-corrected chi connectivity index (χ1v) is 19.7. The van der Waals surface area contributed by atoms with Gasteiger partial charge in [0.1, 0.15) is 0 Å². The van der Waals surface area contributed by atoms with Crippen molar-refractivity contribution >= 4 is 0 Å². The molecule has 4 atom stereocenters. The van der Waals surface area contributed by atoms with Crippen molar-refractivity contribution < 1.29 is 0 Å². The van der Waals surface area contributed by atoms with Crippen LogP contribution in [0.25, 0.3) is 67.5 Å². The Kier molecular flexibility index (Phi) is 9.16. The van der Waals surface area contributed by atoms with E-state index in [1.165, 1.54) is 43.2 Å². The van der Waals surface area contributed by atoms with Gasteiger partial charge in [-0.05, 0) is 106 Å². The molecule has 0 radical (unpaired) electrons. The molecule has 4 nitrogen and oxygen atoms in total. The summed E-state index contributed by atoms with van der Waals surface area (Å²) in [6, 6.07) is 55.1. The van der Waals surface area contributed by atoms with Crippen LogP contribution in [0.4, 0.5) is 0 Å². The third-order valence-electron chi connectivity index (χ3n) is 12.0. The van der Waals surface area contributed by atoms with Gasteiger partial charge in [0.15, 0.2) is 17.5 Å². The van der Waals surface area contributed by atoms with Crippen LogP contribution in [0.1, 0.15) is 57.1 Å². The summed E-state index contributed by atoms with van der Waals surface area (Å²) in [4.78, 5) is 15.3. The Bertz CT molecular complexity index is 2460. The van der Waals surface area contributed by atoms with Crippen molar-refractivity contribution in [3.63, 3.8) is 0 Å². The van der Waals surface area contributed by atoms with E-state index in [1.54, 1.807) is 0 Å². The summed E-state index contributed by atoms with van der Waals surface area (Å²) >= 11 is 0. The molecule has 1 aromatic heterocycles. The van der Waals surface area contributed by atoms with Crippen LogP contribution >= 0.6 is 0 Å². The Labute approximate surface area is 324 Å². The molecule has 2 saturated carbocycles. The number of nitrogens with zero attached hydrogens (tertiary/aromatic N) is 4. The van der Waals surface area contributed by atoms with Crippen LogP contribution in [-0.4, -0.2) is 15.0 Å². The van der Waals surface area contributed by atoms with E-state index in [9.17, 15) is 0 Å². The van der Waals surface area contributed by atoms with E-state index in [4.69, 9.17) is 20.2 Å². The van der Waals surface area contributed by atoms with Gasteiger partial charge in [-0.2, -0.15) is 5.26 Å². The molecule has 55 heavy (non-hydrogen) atoms. The molecule has 0 amide bonds. The lowest BCUT2D eigenvalue weighted by molar-refractivity contribution is 0.0780. The zero-order valence-electron chi connectivity index (χ0n) is 31.5. The van der Waals surface area contributed by atoms with Crippen LogP contribution in [-0.2, 0) is 5.41 Å². The summed E-state index contributed by atoms with van der Waals surface area (Å²) in [5.74, 6) is 4.38. The summed E-state index contributed by atoms with van der Waals surface area (Å²) in [5.41, 5.74) is 12.1. The van der Waals surface area contributed by atoms with Gasteiger partial charge in [-0.15, -0.1) is 0 Å². The fraction of sp³-hybridized carbons (Fsp3) is 0.216. The van der Waals surface area contributed by atoms with Crippen molar-refractivity contribution in [1.29, 1.82) is 5.26 Å². The summed E-state index contributed by atoms with van der Waals surface area (Å²) in [6.45, 7) is 4.92. The zero-order valence-corrected chi connectivity index (χ0v) is 31.5. The fourth-order valence-corrected chi connectivity index (χ4v) is 9.74. The molecule has 2 aliphatic rings. The third kappa shape index (κ3) is 6.99. The van der Waals surface area contributed by atoms with Gasteiger partial charge >= 0.3 is 0 Å². The van der Waals surface area contributed by atoms with Gasteiger partial charge in [0.25, 0.3) is 0 Å². The molecule has 2 unspecified atom stereocenters. The van der Waals surface area contributed by atoms with Gasteiger partial charge < -0.3 is 0 Å². The maximum absolute atomic E-state index is 9.15. The van der Waals surface area contributed by atoms with Crippen LogP contribution in [0.2, 0.25) is 0 Å². The van der Waals surface area contributed by atoms with Gasteiger partial charge in [-0.1, -0.05) is 153 Å². The first kappa shape index (κ1) is 34.6. The molecule has 2 bridgehead atoms. The summed E-state index contributed by atoms with van der Waals surface area (Å²) in [6.07, 6.45) is 6.70. The van der Waals surface area contributed by atoms with Gasteiger partial charge in [-0.25, -0.2) is 15.0 Å². The molecule has 2 aliphatic carbocycles. The van der Waals surface area contributed by atoms with Crippen molar-refractivity contribution in [2.75, 3.05) is 0 Å². The van der Waals surface area contributed by atoms with Crippen LogP contribution in [0.15, 0.2) is 152 Å². The standard InChI is InChI=1S/C51H44N4/c1-34-28-37-29-35(2)31-51(30-34,32-37)45-26-24-42(25-27-45)46-10-6-7-11-47(46)50-54-48(43-8-4-3-5-9-43)53-49(55-50)44-22-20-41(21-23-44)40-18-16-39(17-19-40)38-14-12-36(33-52)13-15-38/h3-27,34-35,37H,28-32H2,1-2H3/t34-,35+,37?,51?. The molecule has 6 aromatic carbocycles. The molecule has 0 spiro atoms. The number of benzene rings is 6. The molecule has 1 heterocycles. The Morgan fingerprint density at radius 1 is 0.455 bits per heavy atom. The van der Waals surface area contributed by atoms with E-state index < -0.39 is 0 Å². The Balaban J connectivity index is 1.04. The normalized spacial score (nSPS) is 20.4. The first-order valence-electron chi connectivity index (χ1n) is 19.7. The topological polar surface area (TPSA) is 62.5 Å². The SMILES string of the molecule is C[C@@H]1CC2C[C@H](C)CC(c3ccc(-c4ccccc4-c4nc(-c5ccccc5)nc(-c5ccc(-c6ccc(-c7ccc(C#N)cc7)cc6)cc5)n4)cc3)(C2)C1. The molecule has 7 aromatic rings. The average molecular weight is 713 g/mol. The fourth-order valence-electron chi connectivity index (χ4n) is 9.74. The molecule has 0 N–H and O–H groups in total. The quantitative estimate of drug-likeness (QED) is 0.165. The first-order chi connectivity index (χ1) is 26.9. The smallest absolute Gasteiger partial charge is 0.164 e. The van der Waals surface area contributed by atoms with Crippen molar-refractivity contribution in [2.45, 2.75) is 51.4 Å². The number of fused-ring (bicyclic) bond motifs is 2. The molecule has 0 saturated heterocycles. The highest BCUT2D eigenvalue weighted by Crippen LogP contribution is 2.54. The summed E-state index contributed by atoms with van der Waals surface area (Å²) in [5, 5.41) is 9.15. The highest BCUT2D eigenvalue weighted by molar-refractivity contribution is 5.82. The molecule has 0 aliphatic heterocycles. The Morgan fingerprint density at radius 3 is 1.44 bits per heavy atom. The molecular formula is C51H44N4. The summed E-state index contributed by atoms with van der Waals surface area (Å²) in [7, 11) is 0. The molecule has 9 rings (SSSR count). The van der Waals surface area contributed by atoms with Crippen molar-refractivity contribution in [2.24, 2.45) is 17.8 Å². The van der Waals surface area contributed by atoms with Crippen molar-refractivity contribution in [3.05, 3.63) is 163 Å². The average Bonchev–Trinajstić information content (AvgIpc) is 3.23. The maximum atomic E-state index is 9.15. The highest BCUT2D eigenvalue weighted by Gasteiger charge is 2.45. The van der Waals surface area contributed by atoms with Crippen LogP contribution in [0, 0.1) is 29.1 Å². The number of rotatable bonds is 7. The molecule has 268 valence electrons. The number of nitriles is 1. The number of hydrogen-bond acceptors (Lipinski definition) is 4. The molecule has 2 fully saturated rings.